The molecule has 6 rings (SSSR count). The smallest absolute Gasteiger partial charge is 0.174 e. The monoisotopic (exact) mass is 327 g/mol. The minimum Gasteiger partial charge on any atom is -0.493 e. The third-order valence-electron chi connectivity index (χ3n) is 7.59. The first-order valence-corrected chi connectivity index (χ1v) is 8.79. The van der Waals surface area contributed by atoms with Crippen molar-refractivity contribution in [3.63, 3.8) is 0 Å². The number of fused-ring (bicyclic) bond motifs is 1. The van der Waals surface area contributed by atoms with Gasteiger partial charge < -0.3 is 14.6 Å². The van der Waals surface area contributed by atoms with Crippen LogP contribution in [-0.4, -0.2) is 54.2 Å². The van der Waals surface area contributed by atoms with Crippen LogP contribution in [0, 0.1) is 5.41 Å². The van der Waals surface area contributed by atoms with Gasteiger partial charge in [-0.2, -0.15) is 0 Å². The van der Waals surface area contributed by atoms with E-state index in [0.717, 1.165) is 24.9 Å². The van der Waals surface area contributed by atoms with Gasteiger partial charge >= 0.3 is 0 Å². The van der Waals surface area contributed by atoms with Gasteiger partial charge in [0.2, 0.25) is 0 Å². The highest BCUT2D eigenvalue weighted by Crippen LogP contribution is 2.74. The number of likely N-dealkylation sites (N-methyl/N-ethyl adjacent to an activating group) is 1. The number of carbonyl (C=O) groups is 1. The molecule has 1 unspecified atom stereocenters. The van der Waals surface area contributed by atoms with Crippen molar-refractivity contribution in [2.45, 2.75) is 48.8 Å². The van der Waals surface area contributed by atoms with Crippen LogP contribution in [0.3, 0.4) is 0 Å². The summed E-state index contributed by atoms with van der Waals surface area (Å²) in [7, 11) is 3.73. The third kappa shape index (κ3) is 1.08. The van der Waals surface area contributed by atoms with E-state index in [1.165, 1.54) is 5.56 Å². The molecule has 2 saturated carbocycles. The Morgan fingerprint density at radius 1 is 1.42 bits per heavy atom. The van der Waals surface area contributed by atoms with Crippen molar-refractivity contribution in [3.8, 4) is 11.5 Å². The molecule has 24 heavy (non-hydrogen) atoms. The summed E-state index contributed by atoms with van der Waals surface area (Å²) in [6.07, 6.45) is 2.20. The standard InChI is InChI=1S/C19H21NO4/c1-20-9-17-7-10-3-4-12(23-2)14-13(10)18(8-17)15(24-14)11(21)5-6-19(18,22)16(17)20/h3-4,15-16,22H,5-9H2,1-2H3/t15-,16+,17?,18-,19+/m0/s1. The second-order valence-electron chi connectivity index (χ2n) is 8.52. The highest BCUT2D eigenvalue weighted by atomic mass is 16.5. The van der Waals surface area contributed by atoms with E-state index in [1.54, 1.807) is 7.11 Å². The second-order valence-corrected chi connectivity index (χ2v) is 8.52. The molecule has 5 nitrogen and oxygen atoms in total. The topological polar surface area (TPSA) is 59.0 Å². The van der Waals surface area contributed by atoms with Crippen LogP contribution in [-0.2, 0) is 16.6 Å². The highest BCUT2D eigenvalue weighted by Gasteiger charge is 2.82. The van der Waals surface area contributed by atoms with E-state index < -0.39 is 17.1 Å². The summed E-state index contributed by atoms with van der Waals surface area (Å²) < 4.78 is 11.7. The molecule has 2 heterocycles. The van der Waals surface area contributed by atoms with Crippen molar-refractivity contribution >= 4 is 5.78 Å². The molecule has 5 aliphatic rings. The van der Waals surface area contributed by atoms with Crippen molar-refractivity contribution in [1.82, 2.24) is 4.90 Å². The molecule has 1 aromatic rings. The molecule has 126 valence electrons. The SMILES string of the molecule is COc1ccc2c3c1O[C@H]1C(=O)CC[C@@]4(O)[C@@H]5N(C)CC5(C2)C[C@]314. The first kappa shape index (κ1) is 13.7. The Balaban J connectivity index is 1.72. The molecule has 0 aromatic heterocycles. The molecule has 3 fully saturated rings. The summed E-state index contributed by atoms with van der Waals surface area (Å²) in [5.41, 5.74) is 0.911. The Morgan fingerprint density at radius 3 is 3.00 bits per heavy atom. The van der Waals surface area contributed by atoms with Crippen molar-refractivity contribution < 1.29 is 19.4 Å². The zero-order valence-corrected chi connectivity index (χ0v) is 14.0. The number of likely N-dealkylation sites (tertiary alicyclic amines) is 1. The molecule has 3 aliphatic carbocycles. The lowest BCUT2D eigenvalue weighted by Gasteiger charge is -2.57. The fourth-order valence-electron chi connectivity index (χ4n) is 7.24. The highest BCUT2D eigenvalue weighted by molar-refractivity contribution is 5.90. The largest absolute Gasteiger partial charge is 0.493 e. The lowest BCUT2D eigenvalue weighted by molar-refractivity contribution is -0.165. The molecule has 0 radical (unpaired) electrons. The molecular weight excluding hydrogens is 306 g/mol. The van der Waals surface area contributed by atoms with E-state index in [9.17, 15) is 9.90 Å². The maximum absolute atomic E-state index is 12.8. The van der Waals surface area contributed by atoms with E-state index in [2.05, 4.69) is 18.0 Å². The average Bonchev–Trinajstić information content (AvgIpc) is 2.96. The molecule has 0 amide bonds. The Hall–Kier alpha value is -1.59. The van der Waals surface area contributed by atoms with Crippen LogP contribution in [0.4, 0.5) is 0 Å². The minimum atomic E-state index is -0.887. The fourth-order valence-corrected chi connectivity index (χ4v) is 7.24. The Kier molecular flexibility index (Phi) is 2.08. The van der Waals surface area contributed by atoms with Crippen LogP contribution in [0.5, 0.6) is 11.5 Å². The van der Waals surface area contributed by atoms with Gasteiger partial charge in [0.05, 0.1) is 18.1 Å². The lowest BCUT2D eigenvalue weighted by Crippen LogP contribution is -2.71. The lowest BCUT2D eigenvalue weighted by atomic mass is 9.57. The number of ether oxygens (including phenoxy) is 2. The van der Waals surface area contributed by atoms with Crippen LogP contribution in [0.25, 0.3) is 0 Å². The summed E-state index contributed by atoms with van der Waals surface area (Å²) in [5, 5.41) is 11.9. The predicted octanol–water partition coefficient (Wildman–Crippen LogP) is 1.05. The number of ketones is 1. The quantitative estimate of drug-likeness (QED) is 0.835. The van der Waals surface area contributed by atoms with Gasteiger partial charge in [-0.25, -0.2) is 0 Å². The van der Waals surface area contributed by atoms with Gasteiger partial charge in [-0.05, 0) is 37.9 Å². The predicted molar refractivity (Wildman–Crippen MR) is 85.5 cm³/mol. The number of benzene rings is 1. The number of hydrogen-bond acceptors (Lipinski definition) is 5. The Bertz CT molecular complexity index is 822. The molecule has 1 N–H and O–H groups in total. The van der Waals surface area contributed by atoms with Crippen LogP contribution < -0.4 is 9.47 Å². The van der Waals surface area contributed by atoms with Gasteiger partial charge in [-0.15, -0.1) is 0 Å². The van der Waals surface area contributed by atoms with Gasteiger partial charge in [-0.1, -0.05) is 6.07 Å². The number of rotatable bonds is 1. The number of Topliss-reactive ketones (excluding diaryl/α,β-unsaturated/α-hetero) is 1. The molecule has 5 heteroatoms. The molecule has 1 aromatic carbocycles. The second kappa shape index (κ2) is 3.65. The van der Waals surface area contributed by atoms with E-state index in [0.29, 0.717) is 24.3 Å². The van der Waals surface area contributed by atoms with Gasteiger partial charge in [0.25, 0.3) is 0 Å². The third-order valence-corrected chi connectivity index (χ3v) is 7.59. The average molecular weight is 327 g/mol. The molecular formula is C19H21NO4. The molecule has 2 aliphatic heterocycles. The van der Waals surface area contributed by atoms with E-state index in [1.807, 2.05) is 6.07 Å². The fraction of sp³-hybridized carbons (Fsp3) is 0.632. The molecule has 2 bridgehead atoms. The van der Waals surface area contributed by atoms with Crippen molar-refractivity contribution in [1.29, 1.82) is 0 Å². The summed E-state index contributed by atoms with van der Waals surface area (Å²) in [6, 6.07) is 4.19. The maximum Gasteiger partial charge on any atom is 0.174 e. The van der Waals surface area contributed by atoms with Crippen molar-refractivity contribution in [3.05, 3.63) is 23.3 Å². The van der Waals surface area contributed by atoms with Gasteiger partial charge in [-0.3, -0.25) is 9.69 Å². The maximum atomic E-state index is 12.8. The number of aliphatic hydroxyl groups is 1. The first-order chi connectivity index (χ1) is 11.5. The van der Waals surface area contributed by atoms with Gasteiger partial charge in [0, 0.05) is 30.0 Å². The number of hydrogen-bond donors (Lipinski definition) is 1. The van der Waals surface area contributed by atoms with Crippen LogP contribution in [0.15, 0.2) is 12.1 Å². The van der Waals surface area contributed by atoms with E-state index in [-0.39, 0.29) is 17.2 Å². The van der Waals surface area contributed by atoms with Crippen LogP contribution >= 0.6 is 0 Å². The van der Waals surface area contributed by atoms with Crippen LogP contribution in [0.1, 0.15) is 30.4 Å². The van der Waals surface area contributed by atoms with Gasteiger partial charge in [0.1, 0.15) is 0 Å². The Morgan fingerprint density at radius 2 is 2.25 bits per heavy atom. The van der Waals surface area contributed by atoms with Crippen LogP contribution in [0.2, 0.25) is 0 Å². The zero-order chi connectivity index (χ0) is 16.5. The summed E-state index contributed by atoms with van der Waals surface area (Å²) in [6.45, 7) is 0.990. The molecule has 2 spiro atoms. The minimum absolute atomic E-state index is 0.0823. The molecule has 1 saturated heterocycles. The van der Waals surface area contributed by atoms with Gasteiger partial charge in [0.15, 0.2) is 23.4 Å². The zero-order valence-electron chi connectivity index (χ0n) is 14.0. The van der Waals surface area contributed by atoms with Crippen molar-refractivity contribution in [2.24, 2.45) is 5.41 Å². The number of carbonyl (C=O) groups excluding carboxylic acids is 1. The molecule has 5 atom stereocenters. The number of nitrogens with zero attached hydrogens (tertiary/aromatic N) is 1. The first-order valence-electron chi connectivity index (χ1n) is 8.79. The van der Waals surface area contributed by atoms with E-state index >= 15 is 0 Å². The summed E-state index contributed by atoms with van der Waals surface area (Å²) >= 11 is 0. The number of methoxy groups -OCH3 is 1. The Labute approximate surface area is 140 Å². The van der Waals surface area contributed by atoms with E-state index in [4.69, 9.17) is 9.47 Å². The summed E-state index contributed by atoms with van der Waals surface area (Å²) in [5.74, 6) is 1.51. The normalized spacial score (nSPS) is 46.9. The van der Waals surface area contributed by atoms with Crippen molar-refractivity contribution in [2.75, 3.05) is 20.7 Å². The summed E-state index contributed by atoms with van der Waals surface area (Å²) in [4.78, 5) is 15.1.